The summed E-state index contributed by atoms with van der Waals surface area (Å²) in [5, 5.41) is 0. The summed E-state index contributed by atoms with van der Waals surface area (Å²) in [7, 11) is 0. The molecule has 1 aliphatic rings. The van der Waals surface area contributed by atoms with Crippen LogP contribution in [0.5, 0.6) is 0 Å². The Balaban J connectivity index is 2.34. The van der Waals surface area contributed by atoms with Crippen molar-refractivity contribution >= 4 is 23.4 Å². The lowest BCUT2D eigenvalue weighted by Gasteiger charge is -2.24. The SMILES string of the molecule is O=c1[nH]cc(C(F)(F)F)c2nc(C3CCC3)n(SF)c12. The van der Waals surface area contributed by atoms with E-state index in [1.54, 1.807) is 0 Å². The summed E-state index contributed by atoms with van der Waals surface area (Å²) in [6.07, 6.45) is -1.67. The van der Waals surface area contributed by atoms with Gasteiger partial charge in [-0.1, -0.05) is 6.42 Å². The third-order valence-electron chi connectivity index (χ3n) is 3.52. The minimum absolute atomic E-state index is 0.0915. The van der Waals surface area contributed by atoms with Crippen LogP contribution in [0.1, 0.15) is 36.6 Å². The Morgan fingerprint density at radius 1 is 1.40 bits per heavy atom. The fourth-order valence-corrected chi connectivity index (χ4v) is 2.79. The number of H-pyrrole nitrogens is 1. The number of aromatic nitrogens is 3. The molecule has 0 atom stereocenters. The molecule has 3 rings (SSSR count). The highest BCUT2D eigenvalue weighted by molar-refractivity contribution is 7.92. The van der Waals surface area contributed by atoms with E-state index in [1.165, 1.54) is 0 Å². The Labute approximate surface area is 114 Å². The predicted molar refractivity (Wildman–Crippen MR) is 66.0 cm³/mol. The standard InChI is InChI=1S/C11H9F4N3OS/c12-11(13,14)6-4-16-10(19)8-7(6)17-9(18(8)20-15)5-2-1-3-5/h4-5H,1-3H2,(H,16,19). The van der Waals surface area contributed by atoms with Crippen molar-refractivity contribution in [3.05, 3.63) is 27.9 Å². The Morgan fingerprint density at radius 2 is 2.10 bits per heavy atom. The molecule has 1 fully saturated rings. The Kier molecular flexibility index (Phi) is 3.03. The van der Waals surface area contributed by atoms with Crippen LogP contribution in [0.25, 0.3) is 11.0 Å². The van der Waals surface area contributed by atoms with Gasteiger partial charge in [-0.05, 0) is 12.8 Å². The van der Waals surface area contributed by atoms with E-state index in [0.717, 1.165) is 23.2 Å². The van der Waals surface area contributed by atoms with E-state index in [4.69, 9.17) is 0 Å². The van der Waals surface area contributed by atoms with Gasteiger partial charge in [0.25, 0.3) is 5.56 Å². The zero-order valence-electron chi connectivity index (χ0n) is 10.00. The third kappa shape index (κ3) is 1.91. The van der Waals surface area contributed by atoms with Gasteiger partial charge in [0.05, 0.1) is 5.56 Å². The van der Waals surface area contributed by atoms with Gasteiger partial charge in [0, 0.05) is 12.1 Å². The van der Waals surface area contributed by atoms with Crippen molar-refractivity contribution in [1.29, 1.82) is 0 Å². The molecule has 0 amide bonds. The maximum Gasteiger partial charge on any atom is 0.419 e. The van der Waals surface area contributed by atoms with Crippen LogP contribution in [-0.4, -0.2) is 13.9 Å². The van der Waals surface area contributed by atoms with Crippen LogP contribution in [0.2, 0.25) is 0 Å². The second-order valence-electron chi connectivity index (χ2n) is 4.69. The van der Waals surface area contributed by atoms with Crippen LogP contribution in [0.3, 0.4) is 0 Å². The maximum absolute atomic E-state index is 13.1. The van der Waals surface area contributed by atoms with Crippen LogP contribution in [0.4, 0.5) is 17.1 Å². The average Bonchev–Trinajstić information content (AvgIpc) is 2.65. The first-order valence-corrected chi connectivity index (χ1v) is 6.61. The summed E-state index contributed by atoms with van der Waals surface area (Å²) in [5.74, 6) is 0.104. The van der Waals surface area contributed by atoms with Gasteiger partial charge >= 0.3 is 6.18 Å². The number of hydrogen-bond acceptors (Lipinski definition) is 3. The number of nitrogens with one attached hydrogen (secondary N) is 1. The number of alkyl halides is 3. The lowest BCUT2D eigenvalue weighted by Crippen LogP contribution is -2.15. The fourth-order valence-electron chi connectivity index (χ4n) is 2.30. The van der Waals surface area contributed by atoms with E-state index in [2.05, 4.69) is 4.98 Å². The lowest BCUT2D eigenvalue weighted by atomic mass is 9.85. The number of pyridine rings is 1. The molecule has 2 aromatic heterocycles. The van der Waals surface area contributed by atoms with E-state index in [1.807, 2.05) is 4.98 Å². The van der Waals surface area contributed by atoms with E-state index < -0.39 is 22.8 Å². The second kappa shape index (κ2) is 4.51. The average molecular weight is 307 g/mol. The van der Waals surface area contributed by atoms with Crippen molar-refractivity contribution < 1.29 is 17.1 Å². The monoisotopic (exact) mass is 307 g/mol. The van der Waals surface area contributed by atoms with Crippen LogP contribution in [-0.2, 0) is 6.18 Å². The molecule has 4 nitrogen and oxygen atoms in total. The highest BCUT2D eigenvalue weighted by Gasteiger charge is 2.37. The minimum Gasteiger partial charge on any atom is -0.327 e. The van der Waals surface area contributed by atoms with Crippen LogP contribution in [0.15, 0.2) is 11.0 Å². The maximum atomic E-state index is 13.1. The number of hydrogen-bond donors (Lipinski definition) is 1. The number of halogens is 4. The van der Waals surface area contributed by atoms with Gasteiger partial charge in [-0.15, -0.1) is 3.89 Å². The van der Waals surface area contributed by atoms with Gasteiger partial charge < -0.3 is 4.98 Å². The van der Waals surface area contributed by atoms with Crippen molar-refractivity contribution in [2.24, 2.45) is 0 Å². The van der Waals surface area contributed by atoms with Crippen molar-refractivity contribution in [3.63, 3.8) is 0 Å². The molecule has 108 valence electrons. The number of aromatic amines is 1. The molecule has 9 heteroatoms. The van der Waals surface area contributed by atoms with Gasteiger partial charge in [-0.3, -0.25) is 4.79 Å². The molecule has 0 spiro atoms. The second-order valence-corrected chi connectivity index (χ2v) is 5.19. The van der Waals surface area contributed by atoms with Crippen LogP contribution >= 0.6 is 12.3 Å². The minimum atomic E-state index is -4.65. The summed E-state index contributed by atoms with van der Waals surface area (Å²) in [6, 6.07) is 0. The number of rotatable bonds is 2. The summed E-state index contributed by atoms with van der Waals surface area (Å²) in [5.41, 5.74) is -2.71. The Bertz CT molecular complexity index is 717. The van der Waals surface area contributed by atoms with Crippen molar-refractivity contribution in [2.45, 2.75) is 31.4 Å². The van der Waals surface area contributed by atoms with Crippen LogP contribution < -0.4 is 5.56 Å². The normalized spacial score (nSPS) is 16.6. The first-order chi connectivity index (χ1) is 9.43. The van der Waals surface area contributed by atoms with Gasteiger partial charge in [-0.2, -0.15) is 13.2 Å². The molecule has 1 aliphatic carbocycles. The Hall–Kier alpha value is -1.51. The number of imidazole rings is 1. The smallest absolute Gasteiger partial charge is 0.327 e. The zero-order valence-corrected chi connectivity index (χ0v) is 10.8. The molecule has 0 unspecified atom stereocenters. The number of fused-ring (bicyclic) bond motifs is 1. The summed E-state index contributed by atoms with van der Waals surface area (Å²) >= 11 is -0.291. The fraction of sp³-hybridized carbons (Fsp3) is 0.455. The molecule has 0 saturated heterocycles. The third-order valence-corrected chi connectivity index (χ3v) is 4.03. The van der Waals surface area contributed by atoms with Gasteiger partial charge in [0.2, 0.25) is 0 Å². The van der Waals surface area contributed by atoms with Gasteiger partial charge in [0.15, 0.2) is 12.3 Å². The van der Waals surface area contributed by atoms with E-state index in [9.17, 15) is 21.9 Å². The van der Waals surface area contributed by atoms with E-state index >= 15 is 0 Å². The van der Waals surface area contributed by atoms with Crippen LogP contribution in [0, 0.1) is 0 Å². The molecule has 2 heterocycles. The molecular formula is C11H9F4N3OS. The van der Waals surface area contributed by atoms with E-state index in [-0.39, 0.29) is 29.6 Å². The molecule has 1 N–H and O–H groups in total. The molecule has 2 aromatic rings. The summed E-state index contributed by atoms with van der Waals surface area (Å²) in [4.78, 5) is 17.6. The zero-order chi connectivity index (χ0) is 14.5. The first kappa shape index (κ1) is 13.5. The summed E-state index contributed by atoms with van der Waals surface area (Å²) < 4.78 is 52.7. The summed E-state index contributed by atoms with van der Waals surface area (Å²) in [6.45, 7) is 0. The van der Waals surface area contributed by atoms with Crippen molar-refractivity contribution in [3.8, 4) is 0 Å². The van der Waals surface area contributed by atoms with Gasteiger partial charge in [-0.25, -0.2) is 8.96 Å². The Morgan fingerprint density at radius 3 is 2.60 bits per heavy atom. The highest BCUT2D eigenvalue weighted by atomic mass is 32.2. The van der Waals surface area contributed by atoms with Crippen molar-refractivity contribution in [1.82, 2.24) is 13.9 Å². The van der Waals surface area contributed by atoms with Gasteiger partial charge in [0.1, 0.15) is 16.9 Å². The molecular weight excluding hydrogens is 298 g/mol. The highest BCUT2D eigenvalue weighted by Crippen LogP contribution is 2.40. The van der Waals surface area contributed by atoms with E-state index in [0.29, 0.717) is 6.20 Å². The lowest BCUT2D eigenvalue weighted by molar-refractivity contribution is -0.136. The predicted octanol–water partition coefficient (Wildman–Crippen LogP) is 3.39. The van der Waals surface area contributed by atoms with Crippen molar-refractivity contribution in [2.75, 3.05) is 0 Å². The molecule has 1 saturated carbocycles. The topological polar surface area (TPSA) is 50.7 Å². The molecule has 20 heavy (non-hydrogen) atoms. The first-order valence-electron chi connectivity index (χ1n) is 5.93. The molecule has 0 bridgehead atoms. The number of nitrogens with zero attached hydrogens (tertiary/aromatic N) is 2. The molecule has 0 aromatic carbocycles. The largest absolute Gasteiger partial charge is 0.419 e. The molecule has 0 aliphatic heterocycles. The quantitative estimate of drug-likeness (QED) is 0.865. The molecule has 0 radical (unpaired) electrons.